The van der Waals surface area contributed by atoms with Gasteiger partial charge in [-0.3, -0.25) is 4.79 Å². The first kappa shape index (κ1) is 26.9. The third-order valence-electron chi connectivity index (χ3n) is 5.87. The predicted octanol–water partition coefficient (Wildman–Crippen LogP) is 7.28. The molecule has 0 radical (unpaired) electrons. The van der Waals surface area contributed by atoms with Crippen LogP contribution in [-0.2, 0) is 11.0 Å². The topological polar surface area (TPSA) is 72.5 Å². The fraction of sp³-hybridized carbons (Fsp3) is 0.259. The molecular formula is C27H24F5N3O3. The average Bonchev–Trinajstić information content (AvgIpc) is 2.83. The van der Waals surface area contributed by atoms with Gasteiger partial charge in [-0.25, -0.2) is 4.98 Å². The molecule has 11 heteroatoms. The minimum absolute atomic E-state index is 0.120. The van der Waals surface area contributed by atoms with Crippen LogP contribution in [0.1, 0.15) is 30.4 Å². The Morgan fingerprint density at radius 1 is 1.08 bits per heavy atom. The summed E-state index contributed by atoms with van der Waals surface area (Å²) in [6.45, 7) is -2.68. The quantitative estimate of drug-likeness (QED) is 0.212. The van der Waals surface area contributed by atoms with Crippen LogP contribution in [0, 0.1) is 5.92 Å². The highest BCUT2D eigenvalue weighted by molar-refractivity contribution is 6.03. The lowest BCUT2D eigenvalue weighted by Gasteiger charge is -2.26. The van der Waals surface area contributed by atoms with Crippen LogP contribution in [-0.4, -0.2) is 24.1 Å². The maximum absolute atomic E-state index is 12.9. The van der Waals surface area contributed by atoms with E-state index < -0.39 is 24.3 Å². The summed E-state index contributed by atoms with van der Waals surface area (Å²) in [5.41, 5.74) is 0.207. The Bertz CT molecular complexity index is 1280. The summed E-state index contributed by atoms with van der Waals surface area (Å²) in [6, 6.07) is 12.0. The van der Waals surface area contributed by atoms with Crippen LogP contribution >= 0.6 is 0 Å². The van der Waals surface area contributed by atoms with Crippen LogP contribution in [0.3, 0.4) is 0 Å². The van der Waals surface area contributed by atoms with E-state index in [1.807, 2.05) is 0 Å². The number of hydrogen-bond donors (Lipinski definition) is 2. The van der Waals surface area contributed by atoms with Crippen LogP contribution in [0.5, 0.6) is 11.5 Å². The van der Waals surface area contributed by atoms with Gasteiger partial charge in [-0.05, 0) is 67.3 Å². The second kappa shape index (κ2) is 11.9. The van der Waals surface area contributed by atoms with Gasteiger partial charge in [-0.15, -0.1) is 0 Å². The van der Waals surface area contributed by atoms with Crippen LogP contribution in [0.4, 0.5) is 39.1 Å². The lowest BCUT2D eigenvalue weighted by atomic mass is 9.86. The molecule has 38 heavy (non-hydrogen) atoms. The molecule has 0 aliphatic heterocycles. The standard InChI is InChI=1S/C27H24F5N3O3/c28-26(29)38-22-8-2-6-18(24(22)37-16-17-4-1-5-17)9-14-23(36)35-21-7-3-15-33-25(21)34-20-12-10-19(11-13-20)27(30,31)32/h2-3,6-15,17,26H,1,4-5,16H2,(H,33,34)(H,35,36)/b14-9+. The SMILES string of the molecule is O=C(/C=C/c1cccc(OC(F)F)c1OCC1CCC1)Nc1cccnc1Nc1ccc(C(F)(F)F)cc1. The summed E-state index contributed by atoms with van der Waals surface area (Å²) in [7, 11) is 0. The molecule has 0 unspecified atom stereocenters. The van der Waals surface area contributed by atoms with E-state index in [0.29, 0.717) is 23.8 Å². The molecule has 4 rings (SSSR count). The van der Waals surface area contributed by atoms with Crippen LogP contribution in [0.15, 0.2) is 66.9 Å². The molecule has 0 bridgehead atoms. The van der Waals surface area contributed by atoms with Crippen molar-refractivity contribution in [3.8, 4) is 11.5 Å². The van der Waals surface area contributed by atoms with Crippen molar-refractivity contribution < 1.29 is 36.2 Å². The van der Waals surface area contributed by atoms with Crippen LogP contribution in [0.2, 0.25) is 0 Å². The largest absolute Gasteiger partial charge is 0.489 e. The van der Waals surface area contributed by atoms with Crippen molar-refractivity contribution in [3.63, 3.8) is 0 Å². The van der Waals surface area contributed by atoms with Crippen LogP contribution in [0.25, 0.3) is 6.08 Å². The molecule has 0 saturated heterocycles. The number of amides is 1. The van der Waals surface area contributed by atoms with Gasteiger partial charge in [0.05, 0.1) is 17.9 Å². The molecule has 6 nitrogen and oxygen atoms in total. The van der Waals surface area contributed by atoms with Crippen molar-refractivity contribution in [2.24, 2.45) is 5.92 Å². The van der Waals surface area contributed by atoms with E-state index in [-0.39, 0.29) is 23.0 Å². The zero-order valence-corrected chi connectivity index (χ0v) is 20.0. The van der Waals surface area contributed by atoms with Crippen molar-refractivity contribution >= 4 is 29.2 Å². The maximum atomic E-state index is 12.9. The molecule has 1 amide bonds. The lowest BCUT2D eigenvalue weighted by Crippen LogP contribution is -2.20. The third kappa shape index (κ3) is 7.21. The first-order valence-electron chi connectivity index (χ1n) is 11.8. The Morgan fingerprint density at radius 2 is 1.84 bits per heavy atom. The number of ether oxygens (including phenoxy) is 2. The highest BCUT2D eigenvalue weighted by Crippen LogP contribution is 2.36. The summed E-state index contributed by atoms with van der Waals surface area (Å²) in [6.07, 6.45) is 2.72. The minimum atomic E-state index is -4.46. The van der Waals surface area contributed by atoms with E-state index in [1.165, 1.54) is 42.6 Å². The highest BCUT2D eigenvalue weighted by atomic mass is 19.4. The van der Waals surface area contributed by atoms with E-state index in [2.05, 4.69) is 20.4 Å². The molecule has 0 atom stereocenters. The van der Waals surface area contributed by atoms with Gasteiger partial charge in [0.25, 0.3) is 0 Å². The highest BCUT2D eigenvalue weighted by Gasteiger charge is 2.30. The first-order chi connectivity index (χ1) is 18.2. The molecule has 200 valence electrons. The minimum Gasteiger partial charge on any atom is -0.489 e. The number of benzene rings is 2. The van der Waals surface area contributed by atoms with Gasteiger partial charge in [-0.2, -0.15) is 22.0 Å². The Hall–Kier alpha value is -4.15. The molecule has 2 aromatic carbocycles. The summed E-state index contributed by atoms with van der Waals surface area (Å²) < 4.78 is 74.7. The molecule has 3 aromatic rings. The van der Waals surface area contributed by atoms with Gasteiger partial charge in [0.1, 0.15) is 0 Å². The Morgan fingerprint density at radius 3 is 2.50 bits per heavy atom. The molecule has 1 aliphatic rings. The van der Waals surface area contributed by atoms with Crippen molar-refractivity contribution in [3.05, 3.63) is 78.0 Å². The van der Waals surface area contributed by atoms with E-state index in [0.717, 1.165) is 31.4 Å². The van der Waals surface area contributed by atoms with Crippen molar-refractivity contribution in [1.29, 1.82) is 0 Å². The van der Waals surface area contributed by atoms with E-state index in [1.54, 1.807) is 18.2 Å². The number of halogens is 5. The van der Waals surface area contributed by atoms with Gasteiger partial charge >= 0.3 is 12.8 Å². The Balaban J connectivity index is 1.47. The molecule has 1 fully saturated rings. The van der Waals surface area contributed by atoms with Gasteiger partial charge in [-0.1, -0.05) is 18.6 Å². The average molecular weight is 533 g/mol. The summed E-state index contributed by atoms with van der Waals surface area (Å²) in [5, 5.41) is 5.53. The number of pyridine rings is 1. The number of para-hydroxylation sites is 1. The first-order valence-corrected chi connectivity index (χ1v) is 11.8. The second-order valence-electron chi connectivity index (χ2n) is 8.58. The number of nitrogens with one attached hydrogen (secondary N) is 2. The number of nitrogens with zero attached hydrogens (tertiary/aromatic N) is 1. The summed E-state index contributed by atoms with van der Waals surface area (Å²) >= 11 is 0. The zero-order valence-electron chi connectivity index (χ0n) is 20.0. The number of anilines is 3. The summed E-state index contributed by atoms with van der Waals surface area (Å²) in [4.78, 5) is 16.8. The monoisotopic (exact) mass is 533 g/mol. The second-order valence-corrected chi connectivity index (χ2v) is 8.58. The van der Waals surface area contributed by atoms with Gasteiger partial charge < -0.3 is 20.1 Å². The van der Waals surface area contributed by atoms with Gasteiger partial charge in [0, 0.05) is 23.5 Å². The normalized spacial score (nSPS) is 13.8. The Labute approximate surface area is 215 Å². The van der Waals surface area contributed by atoms with Crippen LogP contribution < -0.4 is 20.1 Å². The molecule has 1 aromatic heterocycles. The van der Waals surface area contributed by atoms with Crippen molar-refractivity contribution in [1.82, 2.24) is 4.98 Å². The zero-order chi connectivity index (χ0) is 27.1. The predicted molar refractivity (Wildman–Crippen MR) is 133 cm³/mol. The Kier molecular flexibility index (Phi) is 8.45. The molecule has 1 saturated carbocycles. The lowest BCUT2D eigenvalue weighted by molar-refractivity contribution is -0.137. The number of rotatable bonds is 10. The molecular weight excluding hydrogens is 509 g/mol. The fourth-order valence-electron chi connectivity index (χ4n) is 3.69. The summed E-state index contributed by atoms with van der Waals surface area (Å²) in [5.74, 6) is -0.00712. The number of alkyl halides is 5. The molecule has 0 spiro atoms. The van der Waals surface area contributed by atoms with E-state index in [4.69, 9.17) is 4.74 Å². The number of hydrogen-bond acceptors (Lipinski definition) is 5. The van der Waals surface area contributed by atoms with Gasteiger partial charge in [0.15, 0.2) is 17.3 Å². The van der Waals surface area contributed by atoms with E-state index >= 15 is 0 Å². The smallest absolute Gasteiger partial charge is 0.416 e. The van der Waals surface area contributed by atoms with Gasteiger partial charge in [0.2, 0.25) is 5.91 Å². The number of carbonyl (C=O) groups is 1. The molecule has 1 aliphatic carbocycles. The third-order valence-corrected chi connectivity index (χ3v) is 5.87. The van der Waals surface area contributed by atoms with Crippen molar-refractivity contribution in [2.45, 2.75) is 32.1 Å². The number of carbonyl (C=O) groups excluding carboxylic acids is 1. The molecule has 2 N–H and O–H groups in total. The maximum Gasteiger partial charge on any atom is 0.416 e. The van der Waals surface area contributed by atoms with Crippen molar-refractivity contribution in [2.75, 3.05) is 17.2 Å². The molecule has 1 heterocycles. The number of aromatic nitrogens is 1. The van der Waals surface area contributed by atoms with E-state index in [9.17, 15) is 26.7 Å². The fourth-order valence-corrected chi connectivity index (χ4v) is 3.69.